The predicted molar refractivity (Wildman–Crippen MR) is 45.4 cm³/mol. The molecule has 0 radical (unpaired) electrons. The Balaban J connectivity index is 1.81. The predicted octanol–water partition coefficient (Wildman–Crippen LogP) is 2.52. The Bertz CT molecular complexity index is 162. The molecule has 1 heterocycles. The molecule has 3 unspecified atom stereocenters. The quantitative estimate of drug-likeness (QED) is 0.437. The Morgan fingerprint density at radius 2 is 2.27 bits per heavy atom. The van der Waals surface area contributed by atoms with Crippen LogP contribution >= 0.6 is 0 Å². The van der Waals surface area contributed by atoms with E-state index < -0.39 is 0 Å². The van der Waals surface area contributed by atoms with Crippen molar-refractivity contribution < 1.29 is 4.74 Å². The number of allylic oxidation sites excluding steroid dienone is 2. The van der Waals surface area contributed by atoms with Crippen molar-refractivity contribution in [3.63, 3.8) is 0 Å². The molecular formula is C10H16O. The van der Waals surface area contributed by atoms with Crippen LogP contribution in [0.1, 0.15) is 32.6 Å². The molecular weight excluding hydrogens is 136 g/mol. The van der Waals surface area contributed by atoms with Gasteiger partial charge in [-0.2, -0.15) is 0 Å². The maximum Gasteiger partial charge on any atom is 0.0847 e. The first-order valence-corrected chi connectivity index (χ1v) is 4.72. The lowest BCUT2D eigenvalue weighted by atomic mass is 9.89. The van der Waals surface area contributed by atoms with Crippen LogP contribution < -0.4 is 0 Å². The molecule has 2 rings (SSSR count). The zero-order valence-corrected chi connectivity index (χ0v) is 7.12. The van der Waals surface area contributed by atoms with Gasteiger partial charge in [0.25, 0.3) is 0 Å². The molecule has 0 bridgehead atoms. The van der Waals surface area contributed by atoms with Crippen molar-refractivity contribution in [3.05, 3.63) is 12.2 Å². The standard InChI is InChI=1S/C10H16O/c1-2-3-4-8-5-6-9-10(7-8)11-9/h3-4,8-10H,2,5-7H2,1H3/b4-3+. The zero-order chi connectivity index (χ0) is 7.68. The van der Waals surface area contributed by atoms with Crippen LogP contribution in [0.4, 0.5) is 0 Å². The molecule has 0 N–H and O–H groups in total. The Hall–Kier alpha value is -0.300. The molecule has 1 saturated carbocycles. The van der Waals surface area contributed by atoms with Crippen LogP contribution in [0, 0.1) is 5.92 Å². The minimum Gasteiger partial charge on any atom is -0.370 e. The number of hydrogen-bond donors (Lipinski definition) is 0. The minimum absolute atomic E-state index is 0.634. The smallest absolute Gasteiger partial charge is 0.0847 e. The van der Waals surface area contributed by atoms with Gasteiger partial charge in [0.15, 0.2) is 0 Å². The maximum absolute atomic E-state index is 5.45. The summed E-state index contributed by atoms with van der Waals surface area (Å²) in [5.41, 5.74) is 0. The third kappa shape index (κ3) is 1.64. The monoisotopic (exact) mass is 152 g/mol. The van der Waals surface area contributed by atoms with E-state index in [2.05, 4.69) is 19.1 Å². The molecule has 1 aliphatic carbocycles. The molecule has 1 aliphatic heterocycles. The molecule has 11 heavy (non-hydrogen) atoms. The highest BCUT2D eigenvalue weighted by atomic mass is 16.6. The summed E-state index contributed by atoms with van der Waals surface area (Å²) in [6, 6.07) is 0. The fourth-order valence-corrected chi connectivity index (χ4v) is 1.94. The zero-order valence-electron chi connectivity index (χ0n) is 7.12. The van der Waals surface area contributed by atoms with Crippen LogP contribution in [0.15, 0.2) is 12.2 Å². The molecule has 62 valence electrons. The number of ether oxygens (including phenoxy) is 1. The third-order valence-electron chi connectivity index (χ3n) is 2.69. The second-order valence-electron chi connectivity index (χ2n) is 3.62. The fraction of sp³-hybridized carbons (Fsp3) is 0.800. The van der Waals surface area contributed by atoms with E-state index in [-0.39, 0.29) is 0 Å². The van der Waals surface area contributed by atoms with Crippen LogP contribution in [0.5, 0.6) is 0 Å². The Labute approximate surface area is 68.4 Å². The van der Waals surface area contributed by atoms with E-state index in [1.165, 1.54) is 25.7 Å². The average molecular weight is 152 g/mol. The summed E-state index contributed by atoms with van der Waals surface area (Å²) >= 11 is 0. The van der Waals surface area contributed by atoms with E-state index in [9.17, 15) is 0 Å². The highest BCUT2D eigenvalue weighted by molar-refractivity contribution is 4.99. The normalized spacial score (nSPS) is 42.5. The van der Waals surface area contributed by atoms with E-state index in [0.717, 1.165) is 5.92 Å². The van der Waals surface area contributed by atoms with Gasteiger partial charge >= 0.3 is 0 Å². The van der Waals surface area contributed by atoms with Gasteiger partial charge in [-0.15, -0.1) is 0 Å². The lowest BCUT2D eigenvalue weighted by molar-refractivity contribution is 0.370. The lowest BCUT2D eigenvalue weighted by Crippen LogP contribution is -2.10. The number of rotatable bonds is 2. The van der Waals surface area contributed by atoms with Gasteiger partial charge in [-0.25, -0.2) is 0 Å². The molecule has 0 aromatic heterocycles. The summed E-state index contributed by atoms with van der Waals surface area (Å²) in [5.74, 6) is 0.818. The first-order valence-electron chi connectivity index (χ1n) is 4.72. The summed E-state index contributed by atoms with van der Waals surface area (Å²) < 4.78 is 5.45. The first-order chi connectivity index (χ1) is 5.40. The molecule has 0 aromatic rings. The molecule has 1 nitrogen and oxygen atoms in total. The van der Waals surface area contributed by atoms with Crippen molar-refractivity contribution in [1.82, 2.24) is 0 Å². The highest BCUT2D eigenvalue weighted by Crippen LogP contribution is 2.39. The van der Waals surface area contributed by atoms with E-state index in [4.69, 9.17) is 4.74 Å². The van der Waals surface area contributed by atoms with Gasteiger partial charge in [0, 0.05) is 0 Å². The summed E-state index contributed by atoms with van der Waals surface area (Å²) in [7, 11) is 0. The van der Waals surface area contributed by atoms with Gasteiger partial charge in [-0.1, -0.05) is 19.1 Å². The van der Waals surface area contributed by atoms with Crippen molar-refractivity contribution >= 4 is 0 Å². The van der Waals surface area contributed by atoms with Gasteiger partial charge in [0.2, 0.25) is 0 Å². The molecule has 0 spiro atoms. The first kappa shape index (κ1) is 7.35. The molecule has 3 atom stereocenters. The lowest BCUT2D eigenvalue weighted by Gasteiger charge is -2.13. The van der Waals surface area contributed by atoms with Gasteiger partial charge < -0.3 is 4.74 Å². The summed E-state index contributed by atoms with van der Waals surface area (Å²) in [6.45, 7) is 2.19. The molecule has 0 amide bonds. The van der Waals surface area contributed by atoms with Crippen LogP contribution in [0.3, 0.4) is 0 Å². The average Bonchev–Trinajstić information content (AvgIpc) is 2.78. The van der Waals surface area contributed by atoms with E-state index in [1.807, 2.05) is 0 Å². The van der Waals surface area contributed by atoms with E-state index in [0.29, 0.717) is 12.2 Å². The largest absolute Gasteiger partial charge is 0.370 e. The fourth-order valence-electron chi connectivity index (χ4n) is 1.94. The van der Waals surface area contributed by atoms with Crippen LogP contribution in [0.25, 0.3) is 0 Å². The third-order valence-corrected chi connectivity index (χ3v) is 2.69. The van der Waals surface area contributed by atoms with Gasteiger partial charge in [-0.3, -0.25) is 0 Å². The minimum atomic E-state index is 0.634. The van der Waals surface area contributed by atoms with Gasteiger partial charge in [-0.05, 0) is 31.6 Å². The van der Waals surface area contributed by atoms with Gasteiger partial charge in [0.05, 0.1) is 12.2 Å². The van der Waals surface area contributed by atoms with Crippen molar-refractivity contribution in [2.24, 2.45) is 5.92 Å². The van der Waals surface area contributed by atoms with Crippen LogP contribution in [0.2, 0.25) is 0 Å². The van der Waals surface area contributed by atoms with Crippen molar-refractivity contribution in [3.8, 4) is 0 Å². The summed E-state index contributed by atoms with van der Waals surface area (Å²) in [4.78, 5) is 0. The molecule has 0 aromatic carbocycles. The second kappa shape index (κ2) is 2.98. The van der Waals surface area contributed by atoms with E-state index in [1.54, 1.807) is 0 Å². The second-order valence-corrected chi connectivity index (χ2v) is 3.62. The molecule has 1 heteroatoms. The van der Waals surface area contributed by atoms with Gasteiger partial charge in [0.1, 0.15) is 0 Å². The van der Waals surface area contributed by atoms with Crippen molar-refractivity contribution in [2.75, 3.05) is 0 Å². The summed E-state index contributed by atoms with van der Waals surface area (Å²) in [5, 5.41) is 0. The number of hydrogen-bond acceptors (Lipinski definition) is 1. The Morgan fingerprint density at radius 3 is 3.00 bits per heavy atom. The van der Waals surface area contributed by atoms with Crippen LogP contribution in [-0.4, -0.2) is 12.2 Å². The Kier molecular flexibility index (Phi) is 1.99. The SMILES string of the molecule is CC/C=C/C1CCC2OC2C1. The van der Waals surface area contributed by atoms with E-state index >= 15 is 0 Å². The van der Waals surface area contributed by atoms with Crippen molar-refractivity contribution in [1.29, 1.82) is 0 Å². The van der Waals surface area contributed by atoms with Crippen molar-refractivity contribution in [2.45, 2.75) is 44.8 Å². The van der Waals surface area contributed by atoms with Crippen LogP contribution in [-0.2, 0) is 4.74 Å². The number of epoxide rings is 1. The number of fused-ring (bicyclic) bond motifs is 1. The summed E-state index contributed by atoms with van der Waals surface area (Å²) in [6.07, 6.45) is 11.0. The molecule has 2 fully saturated rings. The highest BCUT2D eigenvalue weighted by Gasteiger charge is 2.42. The Morgan fingerprint density at radius 1 is 1.36 bits per heavy atom. The topological polar surface area (TPSA) is 12.5 Å². The maximum atomic E-state index is 5.45. The molecule has 1 saturated heterocycles. The molecule has 2 aliphatic rings.